The SMILES string of the molecule is N#CCOc1ccc(Br)cc1/C=C1\SC(=O)N(Cc2ccc(F)cc2Cl)C1=O. The fraction of sp³-hybridized carbons (Fsp3) is 0.105. The number of carbonyl (C=O) groups excluding carboxylic acids is 2. The first-order chi connectivity index (χ1) is 13.4. The Kier molecular flexibility index (Phi) is 6.39. The van der Waals surface area contributed by atoms with Crippen LogP contribution in [-0.4, -0.2) is 22.7 Å². The van der Waals surface area contributed by atoms with E-state index in [0.29, 0.717) is 16.9 Å². The van der Waals surface area contributed by atoms with E-state index in [0.717, 1.165) is 27.2 Å². The molecule has 2 aromatic carbocycles. The summed E-state index contributed by atoms with van der Waals surface area (Å²) in [7, 11) is 0. The van der Waals surface area contributed by atoms with Crippen molar-refractivity contribution in [3.8, 4) is 11.8 Å². The van der Waals surface area contributed by atoms with Gasteiger partial charge in [-0.15, -0.1) is 0 Å². The van der Waals surface area contributed by atoms with Crippen LogP contribution in [0.5, 0.6) is 5.75 Å². The zero-order valence-corrected chi connectivity index (χ0v) is 17.3. The van der Waals surface area contributed by atoms with Gasteiger partial charge in [0.25, 0.3) is 11.1 Å². The molecular formula is C19H11BrClFN2O3S. The Morgan fingerprint density at radius 3 is 2.79 bits per heavy atom. The largest absolute Gasteiger partial charge is 0.478 e. The minimum Gasteiger partial charge on any atom is -0.478 e. The van der Waals surface area contributed by atoms with Gasteiger partial charge in [-0.2, -0.15) is 5.26 Å². The number of hydrogen-bond acceptors (Lipinski definition) is 5. The minimum absolute atomic E-state index is 0.0581. The monoisotopic (exact) mass is 480 g/mol. The molecule has 142 valence electrons. The number of ether oxygens (including phenoxy) is 1. The highest BCUT2D eigenvalue weighted by Gasteiger charge is 2.35. The second-order valence-electron chi connectivity index (χ2n) is 5.63. The van der Waals surface area contributed by atoms with Crippen molar-refractivity contribution in [1.82, 2.24) is 4.90 Å². The topological polar surface area (TPSA) is 70.4 Å². The van der Waals surface area contributed by atoms with Crippen molar-refractivity contribution < 1.29 is 18.7 Å². The first kappa shape index (κ1) is 20.4. The summed E-state index contributed by atoms with van der Waals surface area (Å²) in [4.78, 5) is 26.3. The summed E-state index contributed by atoms with van der Waals surface area (Å²) < 4.78 is 19.3. The molecule has 0 bridgehead atoms. The standard InChI is InChI=1S/C19H11BrClFN2O3S/c20-13-2-4-16(27-6-5-23)12(7-13)8-17-18(25)24(19(26)28-17)10-11-1-3-14(22)9-15(11)21/h1-4,7-9H,6,10H2/b17-8-. The van der Waals surface area contributed by atoms with Crippen LogP contribution in [0.1, 0.15) is 11.1 Å². The number of imide groups is 1. The van der Waals surface area contributed by atoms with Crippen molar-refractivity contribution >= 4 is 56.5 Å². The molecule has 3 rings (SSSR count). The quantitative estimate of drug-likeness (QED) is 0.536. The zero-order valence-electron chi connectivity index (χ0n) is 14.1. The molecule has 1 heterocycles. The fourth-order valence-electron chi connectivity index (χ4n) is 2.47. The normalized spacial score (nSPS) is 15.2. The van der Waals surface area contributed by atoms with Crippen molar-refractivity contribution in [3.63, 3.8) is 0 Å². The summed E-state index contributed by atoms with van der Waals surface area (Å²) in [6.07, 6.45) is 1.54. The van der Waals surface area contributed by atoms with Crippen molar-refractivity contribution in [2.75, 3.05) is 6.61 Å². The first-order valence-electron chi connectivity index (χ1n) is 7.87. The van der Waals surface area contributed by atoms with Gasteiger partial charge < -0.3 is 4.74 Å². The van der Waals surface area contributed by atoms with Crippen LogP contribution in [0.3, 0.4) is 0 Å². The molecule has 0 atom stereocenters. The fourth-order valence-corrected chi connectivity index (χ4v) is 3.91. The van der Waals surface area contributed by atoms with E-state index in [-0.39, 0.29) is 23.1 Å². The second kappa shape index (κ2) is 8.78. The van der Waals surface area contributed by atoms with Gasteiger partial charge in [-0.3, -0.25) is 14.5 Å². The number of rotatable bonds is 5. The number of hydrogen-bond donors (Lipinski definition) is 0. The summed E-state index contributed by atoms with van der Waals surface area (Å²) in [5, 5.41) is 8.39. The van der Waals surface area contributed by atoms with Crippen LogP contribution in [0.15, 0.2) is 45.8 Å². The third kappa shape index (κ3) is 4.55. The summed E-state index contributed by atoms with van der Waals surface area (Å²) in [5.74, 6) is -0.568. The number of benzene rings is 2. The van der Waals surface area contributed by atoms with Crippen LogP contribution in [0.25, 0.3) is 6.08 Å². The average Bonchev–Trinajstić information content (AvgIpc) is 2.90. The van der Waals surface area contributed by atoms with E-state index in [1.165, 1.54) is 18.2 Å². The maximum absolute atomic E-state index is 13.2. The Bertz CT molecular complexity index is 1040. The van der Waals surface area contributed by atoms with Crippen LogP contribution in [0, 0.1) is 17.1 Å². The van der Waals surface area contributed by atoms with Crippen molar-refractivity contribution in [2.45, 2.75) is 6.54 Å². The maximum Gasteiger partial charge on any atom is 0.293 e. The summed E-state index contributed by atoms with van der Waals surface area (Å²) in [5.41, 5.74) is 1.02. The highest BCUT2D eigenvalue weighted by molar-refractivity contribution is 9.10. The number of halogens is 3. The van der Waals surface area contributed by atoms with E-state index in [2.05, 4.69) is 15.9 Å². The zero-order chi connectivity index (χ0) is 20.3. The van der Waals surface area contributed by atoms with Gasteiger partial charge in [-0.05, 0) is 53.7 Å². The lowest BCUT2D eigenvalue weighted by atomic mass is 10.1. The van der Waals surface area contributed by atoms with Crippen LogP contribution >= 0.6 is 39.3 Å². The lowest BCUT2D eigenvalue weighted by Gasteiger charge is -2.13. The van der Waals surface area contributed by atoms with Crippen LogP contribution in [-0.2, 0) is 11.3 Å². The molecule has 0 unspecified atom stereocenters. The number of nitriles is 1. The van der Waals surface area contributed by atoms with E-state index >= 15 is 0 Å². The number of thioether (sulfide) groups is 1. The molecule has 2 aromatic rings. The second-order valence-corrected chi connectivity index (χ2v) is 7.95. The molecule has 5 nitrogen and oxygen atoms in total. The molecule has 28 heavy (non-hydrogen) atoms. The molecule has 0 aromatic heterocycles. The van der Waals surface area contributed by atoms with Crippen molar-refractivity contribution in [1.29, 1.82) is 5.26 Å². The first-order valence-corrected chi connectivity index (χ1v) is 9.86. The third-order valence-corrected chi connectivity index (χ3v) is 5.52. The van der Waals surface area contributed by atoms with Gasteiger partial charge in [-0.25, -0.2) is 4.39 Å². The minimum atomic E-state index is -0.498. The molecule has 0 spiro atoms. The molecule has 1 fully saturated rings. The maximum atomic E-state index is 13.2. The van der Waals surface area contributed by atoms with E-state index in [9.17, 15) is 14.0 Å². The molecule has 0 N–H and O–H groups in total. The lowest BCUT2D eigenvalue weighted by molar-refractivity contribution is -0.123. The molecule has 1 saturated heterocycles. The van der Waals surface area contributed by atoms with Gasteiger partial charge in [-0.1, -0.05) is 33.6 Å². The van der Waals surface area contributed by atoms with Gasteiger partial charge in [0.15, 0.2) is 6.61 Å². The number of nitrogens with zero attached hydrogens (tertiary/aromatic N) is 2. The van der Waals surface area contributed by atoms with E-state index < -0.39 is 17.0 Å². The predicted molar refractivity (Wildman–Crippen MR) is 108 cm³/mol. The predicted octanol–water partition coefficient (Wildman–Crippen LogP) is 5.38. The number of amides is 2. The molecule has 2 amide bonds. The smallest absolute Gasteiger partial charge is 0.293 e. The molecule has 0 radical (unpaired) electrons. The van der Waals surface area contributed by atoms with Gasteiger partial charge in [0, 0.05) is 15.1 Å². The van der Waals surface area contributed by atoms with Crippen molar-refractivity contribution in [3.05, 3.63) is 67.7 Å². The van der Waals surface area contributed by atoms with E-state index in [1.807, 2.05) is 6.07 Å². The Morgan fingerprint density at radius 2 is 2.07 bits per heavy atom. The third-order valence-electron chi connectivity index (χ3n) is 3.77. The average molecular weight is 482 g/mol. The summed E-state index contributed by atoms with van der Waals surface area (Å²) >= 11 is 10.1. The van der Waals surface area contributed by atoms with E-state index in [1.54, 1.807) is 18.2 Å². The van der Waals surface area contributed by atoms with Gasteiger partial charge in [0.1, 0.15) is 17.6 Å². The van der Waals surface area contributed by atoms with Gasteiger partial charge in [0.05, 0.1) is 11.4 Å². The van der Waals surface area contributed by atoms with Crippen LogP contribution in [0.2, 0.25) is 5.02 Å². The molecule has 0 aliphatic carbocycles. The molecule has 1 aliphatic heterocycles. The van der Waals surface area contributed by atoms with E-state index in [4.69, 9.17) is 21.6 Å². The van der Waals surface area contributed by atoms with Crippen LogP contribution in [0.4, 0.5) is 9.18 Å². The molecular weight excluding hydrogens is 471 g/mol. The number of carbonyl (C=O) groups is 2. The van der Waals surface area contributed by atoms with Crippen LogP contribution < -0.4 is 4.74 Å². The Hall–Kier alpha value is -2.34. The molecule has 0 saturated carbocycles. The molecule has 1 aliphatic rings. The van der Waals surface area contributed by atoms with Gasteiger partial charge in [0.2, 0.25) is 0 Å². The van der Waals surface area contributed by atoms with Crippen molar-refractivity contribution in [2.24, 2.45) is 0 Å². The highest BCUT2D eigenvalue weighted by atomic mass is 79.9. The lowest BCUT2D eigenvalue weighted by Crippen LogP contribution is -2.27. The summed E-state index contributed by atoms with van der Waals surface area (Å²) in [6.45, 7) is -0.204. The van der Waals surface area contributed by atoms with Gasteiger partial charge >= 0.3 is 0 Å². The Labute approximate surface area is 177 Å². The Morgan fingerprint density at radius 1 is 1.29 bits per heavy atom. The highest BCUT2D eigenvalue weighted by Crippen LogP contribution is 2.36. The molecule has 9 heteroatoms. The Balaban J connectivity index is 1.87. The summed E-state index contributed by atoms with van der Waals surface area (Å²) in [6, 6.07) is 10.8.